The third-order valence-electron chi connectivity index (χ3n) is 4.35. The van der Waals surface area contributed by atoms with E-state index in [0.717, 1.165) is 33.5 Å². The molecule has 1 amide bonds. The first-order valence-electron chi connectivity index (χ1n) is 8.73. The number of aromatic nitrogens is 2. The highest BCUT2D eigenvalue weighted by molar-refractivity contribution is 9.10. The predicted octanol–water partition coefficient (Wildman–Crippen LogP) is 3.51. The summed E-state index contributed by atoms with van der Waals surface area (Å²) in [5.41, 5.74) is 2.47. The van der Waals surface area contributed by atoms with E-state index in [-0.39, 0.29) is 18.1 Å². The number of imidazole rings is 1. The Kier molecular flexibility index (Phi) is 4.55. The highest BCUT2D eigenvalue weighted by atomic mass is 79.9. The number of para-hydroxylation sites is 1. The summed E-state index contributed by atoms with van der Waals surface area (Å²) in [7, 11) is 0. The fourth-order valence-corrected chi connectivity index (χ4v) is 3.54. The third-order valence-corrected chi connectivity index (χ3v) is 4.81. The number of fused-ring (bicyclic) bond motifs is 2. The van der Waals surface area contributed by atoms with Gasteiger partial charge < -0.3 is 19.2 Å². The molecule has 1 aliphatic heterocycles. The van der Waals surface area contributed by atoms with Gasteiger partial charge in [0.1, 0.15) is 11.2 Å². The van der Waals surface area contributed by atoms with Gasteiger partial charge in [0.25, 0.3) is 5.91 Å². The Morgan fingerprint density at radius 3 is 3.04 bits per heavy atom. The number of hydrogen-bond donors (Lipinski definition) is 1. The molecule has 4 rings (SSSR count). The zero-order chi connectivity index (χ0) is 19.0. The first-order chi connectivity index (χ1) is 12.9. The molecule has 0 spiro atoms. The summed E-state index contributed by atoms with van der Waals surface area (Å²) in [5, 5.41) is 2.84. The lowest BCUT2D eigenvalue weighted by Gasteiger charge is -2.18. The molecule has 7 heteroatoms. The summed E-state index contributed by atoms with van der Waals surface area (Å²) in [4.78, 5) is 16.6. The number of carbonyl (C=O) groups excluding carboxylic acids is 1. The Morgan fingerprint density at radius 2 is 2.19 bits per heavy atom. The van der Waals surface area contributed by atoms with Crippen LogP contribution in [0.2, 0.25) is 0 Å². The number of amides is 1. The van der Waals surface area contributed by atoms with Gasteiger partial charge >= 0.3 is 0 Å². The second-order valence-electron chi connectivity index (χ2n) is 7.19. The molecular formula is C20H20BrN3O3. The Morgan fingerprint density at radius 1 is 1.33 bits per heavy atom. The van der Waals surface area contributed by atoms with E-state index >= 15 is 0 Å². The van der Waals surface area contributed by atoms with Crippen LogP contribution < -0.4 is 14.8 Å². The van der Waals surface area contributed by atoms with Crippen molar-refractivity contribution >= 4 is 27.5 Å². The van der Waals surface area contributed by atoms with Crippen molar-refractivity contribution in [3.63, 3.8) is 0 Å². The van der Waals surface area contributed by atoms with Gasteiger partial charge in [-0.25, -0.2) is 4.98 Å². The fourth-order valence-electron chi connectivity index (χ4n) is 3.19. The molecule has 0 saturated heterocycles. The van der Waals surface area contributed by atoms with Gasteiger partial charge in [0.15, 0.2) is 18.1 Å². The number of nitrogens with zero attached hydrogens (tertiary/aromatic N) is 2. The van der Waals surface area contributed by atoms with E-state index < -0.39 is 0 Å². The Balaban J connectivity index is 1.35. The van der Waals surface area contributed by atoms with Gasteiger partial charge in [-0.2, -0.15) is 0 Å². The molecule has 0 bridgehead atoms. The van der Waals surface area contributed by atoms with Crippen molar-refractivity contribution in [2.45, 2.75) is 32.4 Å². The maximum Gasteiger partial charge on any atom is 0.258 e. The summed E-state index contributed by atoms with van der Waals surface area (Å²) in [6.07, 6.45) is 4.64. The van der Waals surface area contributed by atoms with Crippen molar-refractivity contribution in [2.24, 2.45) is 0 Å². The van der Waals surface area contributed by atoms with Crippen LogP contribution in [-0.4, -0.2) is 27.5 Å². The Bertz CT molecular complexity index is 1010. The first kappa shape index (κ1) is 17.9. The predicted molar refractivity (Wildman–Crippen MR) is 105 cm³/mol. The summed E-state index contributed by atoms with van der Waals surface area (Å²) in [6, 6.07) is 9.62. The zero-order valence-electron chi connectivity index (χ0n) is 15.2. The van der Waals surface area contributed by atoms with Crippen LogP contribution in [0.1, 0.15) is 25.1 Å². The van der Waals surface area contributed by atoms with Crippen LogP contribution in [0.25, 0.3) is 5.65 Å². The highest BCUT2D eigenvalue weighted by Crippen LogP contribution is 2.41. The molecule has 1 N–H and O–H groups in total. The smallest absolute Gasteiger partial charge is 0.258 e. The lowest BCUT2D eigenvalue weighted by atomic mass is 10.0. The molecule has 3 heterocycles. The number of hydrogen-bond acceptors (Lipinski definition) is 4. The minimum absolute atomic E-state index is 0.0703. The number of benzene rings is 1. The van der Waals surface area contributed by atoms with Crippen molar-refractivity contribution < 1.29 is 14.3 Å². The lowest BCUT2D eigenvalue weighted by Crippen LogP contribution is -2.28. The van der Waals surface area contributed by atoms with Crippen LogP contribution >= 0.6 is 15.9 Å². The standard InChI is InChI=1S/C20H20BrN3O3/c1-20(2)8-13-4-3-5-16(19(13)27-20)26-12-18(25)22-9-15-11-24-10-14(21)6-7-17(24)23-15/h3-7,10-11H,8-9,12H2,1-2H3,(H,22,25). The molecule has 27 heavy (non-hydrogen) atoms. The first-order valence-corrected chi connectivity index (χ1v) is 9.52. The maximum absolute atomic E-state index is 12.2. The quantitative estimate of drug-likeness (QED) is 0.673. The molecule has 140 valence electrons. The maximum atomic E-state index is 12.2. The number of pyridine rings is 1. The van der Waals surface area contributed by atoms with Crippen molar-refractivity contribution in [1.82, 2.24) is 14.7 Å². The summed E-state index contributed by atoms with van der Waals surface area (Å²) >= 11 is 3.43. The highest BCUT2D eigenvalue weighted by Gasteiger charge is 2.32. The van der Waals surface area contributed by atoms with Gasteiger partial charge in [0.05, 0.1) is 12.2 Å². The topological polar surface area (TPSA) is 64.9 Å². The molecule has 0 radical (unpaired) electrons. The van der Waals surface area contributed by atoms with Gasteiger partial charge in [0.2, 0.25) is 0 Å². The molecule has 0 saturated carbocycles. The number of rotatable bonds is 5. The van der Waals surface area contributed by atoms with E-state index in [4.69, 9.17) is 9.47 Å². The average Bonchev–Trinajstić information content (AvgIpc) is 3.16. The van der Waals surface area contributed by atoms with Crippen molar-refractivity contribution in [1.29, 1.82) is 0 Å². The molecule has 0 unspecified atom stereocenters. The van der Waals surface area contributed by atoms with E-state index in [0.29, 0.717) is 12.3 Å². The monoisotopic (exact) mass is 429 g/mol. The Labute approximate surface area is 165 Å². The van der Waals surface area contributed by atoms with E-state index in [2.05, 4.69) is 26.2 Å². The van der Waals surface area contributed by atoms with E-state index in [1.165, 1.54) is 0 Å². The minimum atomic E-state index is -0.248. The van der Waals surface area contributed by atoms with Crippen LogP contribution in [0.5, 0.6) is 11.5 Å². The van der Waals surface area contributed by atoms with Crippen molar-refractivity contribution in [3.8, 4) is 11.5 Å². The summed E-state index contributed by atoms with van der Waals surface area (Å²) < 4.78 is 14.5. The van der Waals surface area contributed by atoms with Crippen LogP contribution in [0.3, 0.4) is 0 Å². The van der Waals surface area contributed by atoms with Crippen molar-refractivity contribution in [3.05, 3.63) is 58.5 Å². The number of nitrogens with one attached hydrogen (secondary N) is 1. The SMILES string of the molecule is CC1(C)Cc2cccc(OCC(=O)NCc3cn4cc(Br)ccc4n3)c2O1. The summed E-state index contributed by atoms with van der Waals surface area (Å²) in [5.74, 6) is 1.13. The van der Waals surface area contributed by atoms with Gasteiger partial charge in [0, 0.05) is 28.9 Å². The van der Waals surface area contributed by atoms with Gasteiger partial charge in [-0.1, -0.05) is 12.1 Å². The van der Waals surface area contributed by atoms with Crippen LogP contribution in [-0.2, 0) is 17.8 Å². The normalized spacial score (nSPS) is 14.6. The molecule has 3 aromatic rings. The van der Waals surface area contributed by atoms with Crippen LogP contribution in [0.4, 0.5) is 0 Å². The molecule has 1 aromatic carbocycles. The molecule has 0 atom stereocenters. The molecule has 6 nitrogen and oxygen atoms in total. The lowest BCUT2D eigenvalue weighted by molar-refractivity contribution is -0.123. The largest absolute Gasteiger partial charge is 0.483 e. The van der Waals surface area contributed by atoms with Gasteiger partial charge in [-0.15, -0.1) is 0 Å². The third kappa shape index (κ3) is 3.93. The molecule has 2 aromatic heterocycles. The Hall–Kier alpha value is -2.54. The fraction of sp³-hybridized carbons (Fsp3) is 0.300. The van der Waals surface area contributed by atoms with Gasteiger partial charge in [-0.3, -0.25) is 4.79 Å². The van der Waals surface area contributed by atoms with E-state index in [1.807, 2.05) is 61.0 Å². The summed E-state index contributed by atoms with van der Waals surface area (Å²) in [6.45, 7) is 4.35. The number of ether oxygens (including phenoxy) is 2. The van der Waals surface area contributed by atoms with Crippen LogP contribution in [0.15, 0.2) is 47.2 Å². The van der Waals surface area contributed by atoms with E-state index in [1.54, 1.807) is 0 Å². The second kappa shape index (κ2) is 6.88. The molecular weight excluding hydrogens is 410 g/mol. The number of halogens is 1. The van der Waals surface area contributed by atoms with Gasteiger partial charge in [-0.05, 0) is 48.0 Å². The molecule has 0 aliphatic carbocycles. The molecule has 0 fully saturated rings. The van der Waals surface area contributed by atoms with Crippen molar-refractivity contribution in [2.75, 3.05) is 6.61 Å². The zero-order valence-corrected chi connectivity index (χ0v) is 16.7. The number of carbonyl (C=O) groups is 1. The van der Waals surface area contributed by atoms with E-state index in [9.17, 15) is 4.79 Å². The molecule has 1 aliphatic rings. The minimum Gasteiger partial charge on any atom is -0.483 e. The second-order valence-corrected chi connectivity index (χ2v) is 8.11. The average molecular weight is 430 g/mol. The van der Waals surface area contributed by atoms with Crippen LogP contribution in [0, 0.1) is 0 Å².